The molecule has 0 bridgehead atoms. The molecule has 1 saturated heterocycles. The van der Waals surface area contributed by atoms with Gasteiger partial charge in [-0.3, -0.25) is 0 Å². The maximum Gasteiger partial charge on any atom is 0.321 e. The molecule has 33 heavy (non-hydrogen) atoms. The molecule has 7 nitrogen and oxygen atoms in total. The summed E-state index contributed by atoms with van der Waals surface area (Å²) in [6.45, 7) is 11.0. The monoisotopic (exact) mass is 445 g/mol. The van der Waals surface area contributed by atoms with Crippen LogP contribution in [0.5, 0.6) is 11.5 Å². The number of rotatable bonds is 5. The highest BCUT2D eigenvalue weighted by Crippen LogP contribution is 2.24. The largest absolute Gasteiger partial charge is 0.457 e. The minimum absolute atomic E-state index is 0.0938. The molecule has 172 valence electrons. The van der Waals surface area contributed by atoms with Gasteiger partial charge in [-0.25, -0.2) is 14.8 Å². The Hall–Kier alpha value is -3.61. The minimum atomic E-state index is -0.0938. The van der Waals surface area contributed by atoms with E-state index in [9.17, 15) is 4.79 Å². The number of carbonyl (C=O) groups is 1. The van der Waals surface area contributed by atoms with Gasteiger partial charge in [-0.2, -0.15) is 0 Å². The Morgan fingerprint density at radius 3 is 2.33 bits per heavy atom. The number of amides is 2. The molecule has 0 atom stereocenters. The molecule has 2 aromatic carbocycles. The Morgan fingerprint density at radius 1 is 0.939 bits per heavy atom. The summed E-state index contributed by atoms with van der Waals surface area (Å²) in [7, 11) is 0. The van der Waals surface area contributed by atoms with Gasteiger partial charge < -0.3 is 19.9 Å². The third-order valence-electron chi connectivity index (χ3n) is 5.60. The summed E-state index contributed by atoms with van der Waals surface area (Å²) in [6.07, 6.45) is 0. The average Bonchev–Trinajstić information content (AvgIpc) is 2.80. The lowest BCUT2D eigenvalue weighted by atomic mass is 10.2. The van der Waals surface area contributed by atoms with Crippen molar-refractivity contribution in [1.82, 2.24) is 14.9 Å². The second kappa shape index (κ2) is 9.90. The van der Waals surface area contributed by atoms with Gasteiger partial charge in [-0.15, -0.1) is 0 Å². The number of benzene rings is 2. The topological polar surface area (TPSA) is 70.6 Å². The van der Waals surface area contributed by atoms with Crippen LogP contribution >= 0.6 is 0 Å². The standard InChI is InChI=1S/C26H31N5O2/c1-18(2)25-27-20(4)17-24(29-25)30-12-14-31(15-13-30)26(32)28-21-8-10-22(11-9-21)33-23-7-5-6-19(3)16-23/h5-11,16-18H,12-15H2,1-4H3,(H,28,32). The van der Waals surface area contributed by atoms with E-state index in [0.29, 0.717) is 13.1 Å². The first-order valence-corrected chi connectivity index (χ1v) is 11.4. The van der Waals surface area contributed by atoms with Crippen LogP contribution in [-0.4, -0.2) is 47.1 Å². The molecule has 2 amide bonds. The van der Waals surface area contributed by atoms with E-state index in [2.05, 4.69) is 29.0 Å². The Labute approximate surface area is 195 Å². The maximum atomic E-state index is 12.8. The van der Waals surface area contributed by atoms with Crippen molar-refractivity contribution in [2.24, 2.45) is 0 Å². The maximum absolute atomic E-state index is 12.8. The molecule has 0 aliphatic carbocycles. The van der Waals surface area contributed by atoms with E-state index in [1.165, 1.54) is 0 Å². The number of piperazine rings is 1. The molecule has 0 unspecified atom stereocenters. The van der Waals surface area contributed by atoms with E-state index in [0.717, 1.165) is 53.2 Å². The number of urea groups is 1. The van der Waals surface area contributed by atoms with Gasteiger partial charge in [0.1, 0.15) is 23.1 Å². The summed E-state index contributed by atoms with van der Waals surface area (Å²) in [4.78, 5) is 26.1. The van der Waals surface area contributed by atoms with Gasteiger partial charge in [0.25, 0.3) is 0 Å². The number of carbonyl (C=O) groups excluding carboxylic acids is 1. The number of hydrogen-bond acceptors (Lipinski definition) is 5. The third kappa shape index (κ3) is 5.80. The van der Waals surface area contributed by atoms with E-state index < -0.39 is 0 Å². The summed E-state index contributed by atoms with van der Waals surface area (Å²) in [5.41, 5.74) is 2.86. The van der Waals surface area contributed by atoms with Crippen LogP contribution in [-0.2, 0) is 0 Å². The first-order chi connectivity index (χ1) is 15.9. The van der Waals surface area contributed by atoms with Crippen LogP contribution in [0.1, 0.15) is 36.8 Å². The molecule has 3 aromatic rings. The van der Waals surface area contributed by atoms with Crippen LogP contribution in [0.25, 0.3) is 0 Å². The molecular weight excluding hydrogens is 414 g/mol. The first kappa shape index (κ1) is 22.6. The molecule has 4 rings (SSSR count). The lowest BCUT2D eigenvalue weighted by molar-refractivity contribution is 0.208. The number of aromatic nitrogens is 2. The van der Waals surface area contributed by atoms with Crippen LogP contribution in [0.3, 0.4) is 0 Å². The summed E-state index contributed by atoms with van der Waals surface area (Å²) in [5.74, 6) is 3.61. The average molecular weight is 446 g/mol. The molecule has 1 fully saturated rings. The highest BCUT2D eigenvalue weighted by molar-refractivity contribution is 5.89. The number of ether oxygens (including phenoxy) is 1. The molecule has 0 radical (unpaired) electrons. The van der Waals surface area contributed by atoms with Gasteiger partial charge in [0, 0.05) is 49.5 Å². The Morgan fingerprint density at radius 2 is 1.67 bits per heavy atom. The molecule has 1 aliphatic heterocycles. The van der Waals surface area contributed by atoms with Gasteiger partial charge in [0.15, 0.2) is 0 Å². The van der Waals surface area contributed by atoms with E-state index in [1.807, 2.05) is 73.3 Å². The fourth-order valence-corrected chi connectivity index (χ4v) is 3.76. The molecular formula is C26H31N5O2. The van der Waals surface area contributed by atoms with Crippen molar-refractivity contribution in [2.45, 2.75) is 33.6 Å². The van der Waals surface area contributed by atoms with Gasteiger partial charge in [-0.1, -0.05) is 26.0 Å². The van der Waals surface area contributed by atoms with Crippen LogP contribution < -0.4 is 15.0 Å². The van der Waals surface area contributed by atoms with Crippen molar-refractivity contribution >= 4 is 17.5 Å². The minimum Gasteiger partial charge on any atom is -0.457 e. The molecule has 1 aromatic heterocycles. The molecule has 0 spiro atoms. The third-order valence-corrected chi connectivity index (χ3v) is 5.60. The second-order valence-corrected chi connectivity index (χ2v) is 8.73. The van der Waals surface area contributed by atoms with Crippen molar-refractivity contribution < 1.29 is 9.53 Å². The van der Waals surface area contributed by atoms with Crippen molar-refractivity contribution in [1.29, 1.82) is 0 Å². The summed E-state index contributed by atoms with van der Waals surface area (Å²) >= 11 is 0. The summed E-state index contributed by atoms with van der Waals surface area (Å²) < 4.78 is 5.88. The number of aryl methyl sites for hydroxylation is 2. The van der Waals surface area contributed by atoms with Crippen molar-refractivity contribution in [3.8, 4) is 11.5 Å². The Bertz CT molecular complexity index is 1110. The van der Waals surface area contributed by atoms with Gasteiger partial charge in [0.2, 0.25) is 0 Å². The lowest BCUT2D eigenvalue weighted by Crippen LogP contribution is -2.50. The lowest BCUT2D eigenvalue weighted by Gasteiger charge is -2.35. The summed E-state index contributed by atoms with van der Waals surface area (Å²) in [5, 5.41) is 2.99. The van der Waals surface area contributed by atoms with Crippen LogP contribution in [0.2, 0.25) is 0 Å². The number of anilines is 2. The van der Waals surface area contributed by atoms with E-state index in [4.69, 9.17) is 9.72 Å². The first-order valence-electron chi connectivity index (χ1n) is 11.4. The SMILES string of the molecule is Cc1cccc(Oc2ccc(NC(=O)N3CCN(c4cc(C)nc(C(C)C)n4)CC3)cc2)c1. The normalized spacial score (nSPS) is 13.8. The summed E-state index contributed by atoms with van der Waals surface area (Å²) in [6, 6.07) is 17.3. The molecule has 7 heteroatoms. The predicted octanol–water partition coefficient (Wildman–Crippen LogP) is 5.36. The molecule has 1 N–H and O–H groups in total. The quantitative estimate of drug-likeness (QED) is 0.572. The number of hydrogen-bond donors (Lipinski definition) is 1. The highest BCUT2D eigenvalue weighted by Gasteiger charge is 2.23. The van der Waals surface area contributed by atoms with Gasteiger partial charge >= 0.3 is 6.03 Å². The Kier molecular flexibility index (Phi) is 6.77. The van der Waals surface area contributed by atoms with Gasteiger partial charge in [0.05, 0.1) is 0 Å². The highest BCUT2D eigenvalue weighted by atomic mass is 16.5. The molecule has 2 heterocycles. The predicted molar refractivity (Wildman–Crippen MR) is 131 cm³/mol. The van der Waals surface area contributed by atoms with Crippen LogP contribution in [0.4, 0.5) is 16.3 Å². The van der Waals surface area contributed by atoms with Crippen molar-refractivity contribution in [3.05, 3.63) is 71.7 Å². The number of nitrogens with zero attached hydrogens (tertiary/aromatic N) is 4. The van der Waals surface area contributed by atoms with E-state index in [-0.39, 0.29) is 11.9 Å². The Balaban J connectivity index is 1.31. The van der Waals surface area contributed by atoms with Crippen molar-refractivity contribution in [3.63, 3.8) is 0 Å². The fraction of sp³-hybridized carbons (Fsp3) is 0.346. The van der Waals surface area contributed by atoms with Crippen LogP contribution in [0, 0.1) is 13.8 Å². The molecule has 0 saturated carbocycles. The smallest absolute Gasteiger partial charge is 0.321 e. The zero-order valence-corrected chi connectivity index (χ0v) is 19.7. The van der Waals surface area contributed by atoms with E-state index >= 15 is 0 Å². The van der Waals surface area contributed by atoms with Crippen molar-refractivity contribution in [2.75, 3.05) is 36.4 Å². The zero-order chi connectivity index (χ0) is 23.4. The van der Waals surface area contributed by atoms with Gasteiger partial charge in [-0.05, 0) is 55.8 Å². The second-order valence-electron chi connectivity index (χ2n) is 8.73. The van der Waals surface area contributed by atoms with Crippen LogP contribution in [0.15, 0.2) is 54.6 Å². The zero-order valence-electron chi connectivity index (χ0n) is 19.7. The molecule has 1 aliphatic rings. The fourth-order valence-electron chi connectivity index (χ4n) is 3.76. The van der Waals surface area contributed by atoms with E-state index in [1.54, 1.807) is 0 Å². The number of nitrogens with one attached hydrogen (secondary N) is 1.